The van der Waals surface area contributed by atoms with Crippen LogP contribution < -0.4 is 29.8 Å². The molecule has 5 aromatic rings. The molecule has 2 aromatic heterocycles. The second kappa shape index (κ2) is 13.7. The number of hydrogen-bond donors (Lipinski definition) is 1. The Labute approximate surface area is 268 Å². The van der Waals surface area contributed by atoms with Gasteiger partial charge < -0.3 is 29.3 Å². The average molecular weight is 643 g/mol. The fourth-order valence-corrected chi connectivity index (χ4v) is 5.12. The number of aliphatic imine (C=N–C) groups is 1. The van der Waals surface area contributed by atoms with E-state index in [4.69, 9.17) is 30.5 Å². The lowest BCUT2D eigenvalue weighted by Gasteiger charge is -2.23. The first-order chi connectivity index (χ1) is 22.4. The highest BCUT2D eigenvalue weighted by Crippen LogP contribution is 2.48. The van der Waals surface area contributed by atoms with E-state index in [-0.39, 0.29) is 16.3 Å². The first kappa shape index (κ1) is 30.6. The van der Waals surface area contributed by atoms with Crippen LogP contribution >= 0.6 is 11.6 Å². The first-order valence-electron chi connectivity index (χ1n) is 14.4. The molecule has 12 heteroatoms. The Kier molecular flexibility index (Phi) is 9.11. The predicted octanol–water partition coefficient (Wildman–Crippen LogP) is 6.85. The molecule has 0 aliphatic carbocycles. The maximum atomic E-state index is 13.4. The molecule has 0 spiro atoms. The van der Waals surface area contributed by atoms with Gasteiger partial charge in [-0.3, -0.25) is 19.1 Å². The number of anilines is 1. The number of nitrogens with zero attached hydrogens (tertiary/aromatic N) is 3. The maximum absolute atomic E-state index is 13.4. The number of carbonyl (C=O) groups is 1. The molecule has 46 heavy (non-hydrogen) atoms. The van der Waals surface area contributed by atoms with E-state index in [1.165, 1.54) is 41.1 Å². The minimum absolute atomic E-state index is 0.114. The highest BCUT2D eigenvalue weighted by molar-refractivity contribution is 6.34. The molecular formula is C34H28ClFN4O6. The van der Waals surface area contributed by atoms with Crippen LogP contribution in [0.15, 0.2) is 88.9 Å². The Hall–Kier alpha value is -5.42. The lowest BCUT2D eigenvalue weighted by Crippen LogP contribution is -2.27. The summed E-state index contributed by atoms with van der Waals surface area (Å²) in [5, 5.41) is 3.48. The molecule has 0 unspecified atom stereocenters. The summed E-state index contributed by atoms with van der Waals surface area (Å²) in [6.07, 6.45) is 6.55. The van der Waals surface area contributed by atoms with Crippen LogP contribution in [0.25, 0.3) is 16.6 Å². The zero-order valence-electron chi connectivity index (χ0n) is 24.7. The summed E-state index contributed by atoms with van der Waals surface area (Å²) in [7, 11) is 1.74. The number of ether oxygens (including phenoxy) is 4. The van der Waals surface area contributed by atoms with Gasteiger partial charge in [-0.25, -0.2) is 4.39 Å². The van der Waals surface area contributed by atoms with Crippen molar-refractivity contribution in [2.24, 2.45) is 4.99 Å². The molecule has 234 valence electrons. The van der Waals surface area contributed by atoms with E-state index in [2.05, 4.69) is 15.3 Å². The standard InChI is InChI=1S/C34H28ClFN4O6/c1-37-13-2-3-16-43-29-20-27-30(32-31(29)44-17-18-45-32)28(12-14-38-27)46-23-10-11-26(25(35)19-23)39-33(41)24-5-4-15-40(34(24)42)22-8-6-21(36)7-9-22/h4-15,19-20H,2-3,16-18H2,1H3,(H,39,41)/b37-13+. The van der Waals surface area contributed by atoms with E-state index in [0.717, 1.165) is 12.8 Å². The summed E-state index contributed by atoms with van der Waals surface area (Å²) in [6, 6.07) is 16.6. The number of fused-ring (bicyclic) bond motifs is 3. The average Bonchev–Trinajstić information content (AvgIpc) is 3.06. The molecule has 3 aromatic carbocycles. The van der Waals surface area contributed by atoms with Crippen molar-refractivity contribution < 1.29 is 28.1 Å². The third kappa shape index (κ3) is 6.50. The Bertz CT molecular complexity index is 2000. The molecule has 0 saturated heterocycles. The van der Waals surface area contributed by atoms with Crippen molar-refractivity contribution >= 4 is 40.3 Å². The molecule has 1 aliphatic heterocycles. The first-order valence-corrected chi connectivity index (χ1v) is 14.8. The van der Waals surface area contributed by atoms with E-state index >= 15 is 0 Å². The Balaban J connectivity index is 1.23. The van der Waals surface area contributed by atoms with Crippen LogP contribution in [-0.2, 0) is 0 Å². The summed E-state index contributed by atoms with van der Waals surface area (Å²) in [5.41, 5.74) is 0.606. The molecule has 6 rings (SSSR count). The number of pyridine rings is 2. The fourth-order valence-electron chi connectivity index (χ4n) is 4.90. The molecule has 1 aliphatic rings. The molecule has 0 saturated carbocycles. The van der Waals surface area contributed by atoms with Gasteiger partial charge in [-0.2, -0.15) is 0 Å². The minimum Gasteiger partial charge on any atom is -0.489 e. The maximum Gasteiger partial charge on any atom is 0.267 e. The molecule has 10 nitrogen and oxygen atoms in total. The van der Waals surface area contributed by atoms with E-state index in [1.54, 1.807) is 49.6 Å². The van der Waals surface area contributed by atoms with Crippen LogP contribution in [-0.4, -0.2) is 48.5 Å². The lowest BCUT2D eigenvalue weighted by atomic mass is 10.1. The summed E-state index contributed by atoms with van der Waals surface area (Å²) >= 11 is 6.55. The minimum atomic E-state index is -0.655. The van der Waals surface area contributed by atoms with Crippen LogP contribution in [0.3, 0.4) is 0 Å². The molecule has 0 radical (unpaired) electrons. The molecule has 3 heterocycles. The highest BCUT2D eigenvalue weighted by Gasteiger charge is 2.25. The van der Waals surface area contributed by atoms with Crippen LogP contribution in [0.1, 0.15) is 23.2 Å². The van der Waals surface area contributed by atoms with Crippen LogP contribution in [0.2, 0.25) is 5.02 Å². The summed E-state index contributed by atoms with van der Waals surface area (Å²) in [4.78, 5) is 34.7. The van der Waals surface area contributed by atoms with Crippen LogP contribution in [0.5, 0.6) is 28.7 Å². The van der Waals surface area contributed by atoms with Crippen LogP contribution in [0.4, 0.5) is 10.1 Å². The number of aromatic nitrogens is 2. The fraction of sp³-hybridized carbons (Fsp3) is 0.176. The van der Waals surface area contributed by atoms with Gasteiger partial charge in [0.25, 0.3) is 11.5 Å². The number of amides is 1. The molecular weight excluding hydrogens is 615 g/mol. The van der Waals surface area contributed by atoms with Crippen molar-refractivity contribution in [1.29, 1.82) is 0 Å². The monoisotopic (exact) mass is 642 g/mol. The number of halogens is 2. The van der Waals surface area contributed by atoms with Gasteiger partial charge >= 0.3 is 0 Å². The molecule has 1 N–H and O–H groups in total. The normalized spacial score (nSPS) is 12.3. The van der Waals surface area contributed by atoms with Gasteiger partial charge in [0.15, 0.2) is 11.5 Å². The third-order valence-electron chi connectivity index (χ3n) is 7.07. The van der Waals surface area contributed by atoms with Gasteiger partial charge in [0.05, 0.1) is 28.2 Å². The van der Waals surface area contributed by atoms with Crippen molar-refractivity contribution in [3.63, 3.8) is 0 Å². The SMILES string of the molecule is C/N=C/CCCOc1cc2nccc(Oc3ccc(NC(=O)c4cccn(-c5ccc(F)cc5)c4=O)c(Cl)c3)c2c2c1OCCO2. The smallest absolute Gasteiger partial charge is 0.267 e. The van der Waals surface area contributed by atoms with Crippen molar-refractivity contribution in [1.82, 2.24) is 9.55 Å². The molecule has 0 fully saturated rings. The van der Waals surface area contributed by atoms with Gasteiger partial charge in [0.2, 0.25) is 5.75 Å². The Morgan fingerprint density at radius 1 is 1.09 bits per heavy atom. The van der Waals surface area contributed by atoms with E-state index in [9.17, 15) is 14.0 Å². The van der Waals surface area contributed by atoms with E-state index in [0.29, 0.717) is 65.2 Å². The molecule has 1 amide bonds. The summed E-state index contributed by atoms with van der Waals surface area (Å²) < 4.78 is 38.8. The predicted molar refractivity (Wildman–Crippen MR) is 173 cm³/mol. The number of carbonyl (C=O) groups excluding carboxylic acids is 1. The van der Waals surface area contributed by atoms with Gasteiger partial charge in [-0.15, -0.1) is 0 Å². The number of rotatable bonds is 10. The van der Waals surface area contributed by atoms with Crippen molar-refractivity contribution in [3.05, 3.63) is 106 Å². The zero-order chi connectivity index (χ0) is 32.0. The number of nitrogens with one attached hydrogen (secondary N) is 1. The van der Waals surface area contributed by atoms with Crippen LogP contribution in [0, 0.1) is 5.82 Å². The topological polar surface area (TPSA) is 113 Å². The van der Waals surface area contributed by atoms with Gasteiger partial charge in [0.1, 0.15) is 36.1 Å². The van der Waals surface area contributed by atoms with Gasteiger partial charge in [-0.1, -0.05) is 11.6 Å². The van der Waals surface area contributed by atoms with Gasteiger partial charge in [0, 0.05) is 37.3 Å². The summed E-state index contributed by atoms with van der Waals surface area (Å²) in [5.74, 6) is 1.24. The quantitative estimate of drug-likeness (QED) is 0.131. The van der Waals surface area contributed by atoms with E-state index < -0.39 is 17.3 Å². The second-order valence-corrected chi connectivity index (χ2v) is 10.5. The zero-order valence-corrected chi connectivity index (χ0v) is 25.4. The number of hydrogen-bond acceptors (Lipinski definition) is 8. The Morgan fingerprint density at radius 2 is 1.89 bits per heavy atom. The number of unbranched alkanes of at least 4 members (excludes halogenated alkanes) is 1. The van der Waals surface area contributed by atoms with E-state index in [1.807, 2.05) is 6.21 Å². The highest BCUT2D eigenvalue weighted by atomic mass is 35.5. The third-order valence-corrected chi connectivity index (χ3v) is 7.39. The largest absolute Gasteiger partial charge is 0.489 e. The van der Waals surface area contributed by atoms with Crippen molar-refractivity contribution in [2.75, 3.05) is 32.2 Å². The molecule has 0 bridgehead atoms. The van der Waals surface area contributed by atoms with Crippen molar-refractivity contribution in [2.45, 2.75) is 12.8 Å². The van der Waals surface area contributed by atoms with Gasteiger partial charge in [-0.05, 0) is 73.7 Å². The molecule has 0 atom stereocenters. The van der Waals surface area contributed by atoms with Crippen molar-refractivity contribution in [3.8, 4) is 34.4 Å². The summed E-state index contributed by atoms with van der Waals surface area (Å²) in [6.45, 7) is 1.20. The lowest BCUT2D eigenvalue weighted by molar-refractivity contribution is 0.102. The number of benzene rings is 3. The Morgan fingerprint density at radius 3 is 2.67 bits per heavy atom. The second-order valence-electron chi connectivity index (χ2n) is 10.1.